The summed E-state index contributed by atoms with van der Waals surface area (Å²) < 4.78 is 5.12. The number of ether oxygens (including phenoxy) is 1. The minimum atomic E-state index is 0.0461. The SMILES string of the molecule is COc1cccc(NC(=O)CCCc2cccs2)c1. The van der Waals surface area contributed by atoms with Crippen molar-refractivity contribution in [1.82, 2.24) is 0 Å². The predicted molar refractivity (Wildman–Crippen MR) is 78.9 cm³/mol. The number of thiophene rings is 1. The first-order valence-electron chi connectivity index (χ1n) is 6.24. The van der Waals surface area contributed by atoms with Crippen molar-refractivity contribution in [2.45, 2.75) is 19.3 Å². The van der Waals surface area contributed by atoms with Crippen LogP contribution in [-0.4, -0.2) is 13.0 Å². The summed E-state index contributed by atoms with van der Waals surface area (Å²) in [6.07, 6.45) is 2.37. The van der Waals surface area contributed by atoms with Crippen molar-refractivity contribution in [2.75, 3.05) is 12.4 Å². The van der Waals surface area contributed by atoms with Crippen LogP contribution in [0.15, 0.2) is 41.8 Å². The first-order valence-corrected chi connectivity index (χ1v) is 7.12. The number of methoxy groups -OCH3 is 1. The number of aryl methyl sites for hydroxylation is 1. The highest BCUT2D eigenvalue weighted by molar-refractivity contribution is 7.09. The zero-order valence-electron chi connectivity index (χ0n) is 10.9. The summed E-state index contributed by atoms with van der Waals surface area (Å²) in [5.74, 6) is 0.793. The van der Waals surface area contributed by atoms with E-state index in [1.54, 1.807) is 18.4 Å². The van der Waals surface area contributed by atoms with Crippen molar-refractivity contribution in [2.24, 2.45) is 0 Å². The molecule has 0 aliphatic heterocycles. The summed E-state index contributed by atoms with van der Waals surface area (Å²) in [4.78, 5) is 13.1. The van der Waals surface area contributed by atoms with Gasteiger partial charge in [-0.2, -0.15) is 0 Å². The molecule has 1 amide bonds. The summed E-state index contributed by atoms with van der Waals surface area (Å²) in [5.41, 5.74) is 0.778. The molecule has 0 aliphatic carbocycles. The molecule has 0 saturated carbocycles. The van der Waals surface area contributed by atoms with E-state index in [1.165, 1.54) is 4.88 Å². The average molecular weight is 275 g/mol. The van der Waals surface area contributed by atoms with Crippen LogP contribution in [0.1, 0.15) is 17.7 Å². The predicted octanol–water partition coefficient (Wildman–Crippen LogP) is 3.72. The standard InChI is InChI=1S/C15H17NO2S/c1-18-13-6-2-5-12(11-13)16-15(17)9-3-7-14-8-4-10-19-14/h2,4-6,8,10-11H,3,7,9H2,1H3,(H,16,17). The minimum absolute atomic E-state index is 0.0461. The Hall–Kier alpha value is -1.81. The second kappa shape index (κ2) is 6.95. The van der Waals surface area contributed by atoms with E-state index < -0.39 is 0 Å². The molecule has 0 unspecified atom stereocenters. The Kier molecular flexibility index (Phi) is 4.98. The fraction of sp³-hybridized carbons (Fsp3) is 0.267. The van der Waals surface area contributed by atoms with Crippen LogP contribution in [0.5, 0.6) is 5.75 Å². The van der Waals surface area contributed by atoms with Crippen LogP contribution in [0.4, 0.5) is 5.69 Å². The minimum Gasteiger partial charge on any atom is -0.497 e. The van der Waals surface area contributed by atoms with Gasteiger partial charge in [0.15, 0.2) is 0 Å². The third kappa shape index (κ3) is 4.41. The van der Waals surface area contributed by atoms with Gasteiger partial charge in [0.05, 0.1) is 7.11 Å². The molecule has 4 heteroatoms. The van der Waals surface area contributed by atoms with Gasteiger partial charge in [-0.1, -0.05) is 12.1 Å². The van der Waals surface area contributed by atoms with Crippen molar-refractivity contribution in [3.63, 3.8) is 0 Å². The molecule has 0 saturated heterocycles. The van der Waals surface area contributed by atoms with Crippen molar-refractivity contribution in [1.29, 1.82) is 0 Å². The number of carbonyl (C=O) groups is 1. The van der Waals surface area contributed by atoms with Crippen LogP contribution in [0, 0.1) is 0 Å². The van der Waals surface area contributed by atoms with Gasteiger partial charge in [0.1, 0.15) is 5.75 Å². The summed E-state index contributed by atoms with van der Waals surface area (Å²) in [6, 6.07) is 11.5. The van der Waals surface area contributed by atoms with Gasteiger partial charge in [-0.15, -0.1) is 11.3 Å². The summed E-state index contributed by atoms with van der Waals surface area (Å²) in [5, 5.41) is 4.94. The number of anilines is 1. The van der Waals surface area contributed by atoms with E-state index in [2.05, 4.69) is 16.8 Å². The Labute approximate surface area is 117 Å². The third-order valence-electron chi connectivity index (χ3n) is 2.76. The van der Waals surface area contributed by atoms with Gasteiger partial charge < -0.3 is 10.1 Å². The topological polar surface area (TPSA) is 38.3 Å². The van der Waals surface area contributed by atoms with Gasteiger partial charge in [-0.25, -0.2) is 0 Å². The van der Waals surface area contributed by atoms with Crippen molar-refractivity contribution < 1.29 is 9.53 Å². The number of rotatable bonds is 6. The second-order valence-electron chi connectivity index (χ2n) is 4.21. The Balaban J connectivity index is 1.77. The second-order valence-corrected chi connectivity index (χ2v) is 5.25. The summed E-state index contributed by atoms with van der Waals surface area (Å²) in [7, 11) is 1.61. The molecule has 0 spiro atoms. The van der Waals surface area contributed by atoms with E-state index in [1.807, 2.05) is 30.3 Å². The molecule has 2 rings (SSSR count). The zero-order valence-corrected chi connectivity index (χ0v) is 11.7. The van der Waals surface area contributed by atoms with Crippen LogP contribution in [0.2, 0.25) is 0 Å². The smallest absolute Gasteiger partial charge is 0.224 e. The summed E-state index contributed by atoms with van der Waals surface area (Å²) >= 11 is 1.74. The Morgan fingerprint density at radius 1 is 1.32 bits per heavy atom. The molecular formula is C15H17NO2S. The van der Waals surface area contributed by atoms with Crippen LogP contribution >= 0.6 is 11.3 Å². The fourth-order valence-corrected chi connectivity index (χ4v) is 2.55. The first kappa shape index (κ1) is 13.6. The Morgan fingerprint density at radius 2 is 2.21 bits per heavy atom. The van der Waals surface area contributed by atoms with E-state index in [4.69, 9.17) is 4.74 Å². The Bertz CT molecular complexity index is 523. The molecule has 0 aliphatic rings. The maximum absolute atomic E-state index is 11.8. The van der Waals surface area contributed by atoms with E-state index in [0.29, 0.717) is 6.42 Å². The largest absolute Gasteiger partial charge is 0.497 e. The normalized spacial score (nSPS) is 10.2. The monoisotopic (exact) mass is 275 g/mol. The van der Waals surface area contributed by atoms with E-state index in [-0.39, 0.29) is 5.91 Å². The molecule has 0 atom stereocenters. The highest BCUT2D eigenvalue weighted by Gasteiger charge is 2.04. The molecule has 1 aromatic carbocycles. The maximum Gasteiger partial charge on any atom is 0.224 e. The number of hydrogen-bond donors (Lipinski definition) is 1. The molecule has 0 radical (unpaired) electrons. The average Bonchev–Trinajstić information content (AvgIpc) is 2.92. The van der Waals surface area contributed by atoms with Gasteiger partial charge in [0.2, 0.25) is 5.91 Å². The molecule has 0 bridgehead atoms. The van der Waals surface area contributed by atoms with E-state index in [9.17, 15) is 4.79 Å². The first-order chi connectivity index (χ1) is 9.28. The lowest BCUT2D eigenvalue weighted by molar-refractivity contribution is -0.116. The molecule has 1 heterocycles. The number of amides is 1. The van der Waals surface area contributed by atoms with Gasteiger partial charge in [-0.05, 0) is 36.4 Å². The molecule has 100 valence electrons. The van der Waals surface area contributed by atoms with Crippen molar-refractivity contribution >= 4 is 22.9 Å². The number of benzene rings is 1. The Morgan fingerprint density at radius 3 is 2.95 bits per heavy atom. The molecule has 1 aromatic heterocycles. The van der Waals surface area contributed by atoms with Crippen molar-refractivity contribution in [3.8, 4) is 5.75 Å². The van der Waals surface area contributed by atoms with Crippen LogP contribution in [0.3, 0.4) is 0 Å². The third-order valence-corrected chi connectivity index (χ3v) is 3.70. The molecule has 2 aromatic rings. The lowest BCUT2D eigenvalue weighted by Crippen LogP contribution is -2.11. The van der Waals surface area contributed by atoms with Gasteiger partial charge >= 0.3 is 0 Å². The van der Waals surface area contributed by atoms with Crippen molar-refractivity contribution in [3.05, 3.63) is 46.7 Å². The van der Waals surface area contributed by atoms with Crippen LogP contribution in [-0.2, 0) is 11.2 Å². The molecule has 3 nitrogen and oxygen atoms in total. The van der Waals surface area contributed by atoms with E-state index in [0.717, 1.165) is 24.3 Å². The number of carbonyl (C=O) groups excluding carboxylic acids is 1. The number of hydrogen-bond acceptors (Lipinski definition) is 3. The van der Waals surface area contributed by atoms with Gasteiger partial charge in [0, 0.05) is 23.1 Å². The lowest BCUT2D eigenvalue weighted by Gasteiger charge is -2.06. The van der Waals surface area contributed by atoms with Crippen LogP contribution in [0.25, 0.3) is 0 Å². The number of nitrogens with one attached hydrogen (secondary N) is 1. The maximum atomic E-state index is 11.8. The molecule has 1 N–H and O–H groups in total. The highest BCUT2D eigenvalue weighted by atomic mass is 32.1. The summed E-state index contributed by atoms with van der Waals surface area (Å²) in [6.45, 7) is 0. The van der Waals surface area contributed by atoms with Gasteiger partial charge in [0.25, 0.3) is 0 Å². The highest BCUT2D eigenvalue weighted by Crippen LogP contribution is 2.17. The molecule has 19 heavy (non-hydrogen) atoms. The molecule has 0 fully saturated rings. The van der Waals surface area contributed by atoms with Crippen LogP contribution < -0.4 is 10.1 Å². The zero-order chi connectivity index (χ0) is 13.5. The quantitative estimate of drug-likeness (QED) is 0.872. The van der Waals surface area contributed by atoms with Gasteiger partial charge in [-0.3, -0.25) is 4.79 Å². The lowest BCUT2D eigenvalue weighted by atomic mass is 10.2. The fourth-order valence-electron chi connectivity index (χ4n) is 1.80. The van der Waals surface area contributed by atoms with E-state index >= 15 is 0 Å². The molecular weight excluding hydrogens is 258 g/mol.